The van der Waals surface area contributed by atoms with Crippen LogP contribution in [0.3, 0.4) is 0 Å². The summed E-state index contributed by atoms with van der Waals surface area (Å²) >= 11 is -0.0873. The Morgan fingerprint density at radius 2 is 2.00 bits per heavy atom. The lowest BCUT2D eigenvalue weighted by Gasteiger charge is -2.60. The molecule has 1 amide bonds. The Hall–Kier alpha value is -1.25. The van der Waals surface area contributed by atoms with Gasteiger partial charge in [-0.05, 0) is 62.1 Å². The highest BCUT2D eigenvalue weighted by Gasteiger charge is 2.61. The van der Waals surface area contributed by atoms with E-state index in [0.29, 0.717) is 18.3 Å². The molecule has 0 radical (unpaired) electrons. The first kappa shape index (κ1) is 17.2. The van der Waals surface area contributed by atoms with Gasteiger partial charge >= 0.3 is 5.51 Å². The standard InChI is InChI=1S/C16H21F3N4OS/c17-16(18,19)25-2-1-21-13(24)14-4-11-3-12(5-14)7-15(6-11,8-14)23-10-20-9-22-23/h9-12H,1-8H2,(H,21,24)/t11-,12-,14?,15?/m1/s1. The Kier molecular flexibility index (Phi) is 4.05. The van der Waals surface area contributed by atoms with Gasteiger partial charge < -0.3 is 5.32 Å². The van der Waals surface area contributed by atoms with Gasteiger partial charge in [0.05, 0.1) is 11.0 Å². The van der Waals surface area contributed by atoms with Crippen LogP contribution in [0.4, 0.5) is 13.2 Å². The van der Waals surface area contributed by atoms with E-state index < -0.39 is 10.9 Å². The zero-order chi connectivity index (χ0) is 17.7. The second kappa shape index (κ2) is 5.89. The minimum atomic E-state index is -4.25. The van der Waals surface area contributed by atoms with E-state index in [1.807, 2.05) is 4.68 Å². The van der Waals surface area contributed by atoms with Crippen LogP contribution < -0.4 is 5.32 Å². The number of hydrogen-bond donors (Lipinski definition) is 1. The van der Waals surface area contributed by atoms with Gasteiger partial charge in [0, 0.05) is 12.3 Å². The average molecular weight is 374 g/mol. The average Bonchev–Trinajstić information content (AvgIpc) is 3.04. The van der Waals surface area contributed by atoms with Crippen molar-refractivity contribution in [2.75, 3.05) is 12.3 Å². The van der Waals surface area contributed by atoms with Gasteiger partial charge in [0.15, 0.2) is 0 Å². The Labute approximate surface area is 148 Å². The molecule has 4 aliphatic rings. The van der Waals surface area contributed by atoms with Crippen LogP contribution in [0, 0.1) is 17.3 Å². The molecule has 138 valence electrons. The van der Waals surface area contributed by atoms with Crippen LogP contribution in [-0.2, 0) is 10.3 Å². The minimum absolute atomic E-state index is 0.0520. The van der Waals surface area contributed by atoms with Crippen LogP contribution >= 0.6 is 11.8 Å². The second-order valence-electron chi connectivity index (χ2n) is 7.86. The lowest BCUT2D eigenvalue weighted by atomic mass is 9.46. The Balaban J connectivity index is 1.47. The van der Waals surface area contributed by atoms with Gasteiger partial charge in [-0.3, -0.25) is 4.79 Å². The van der Waals surface area contributed by atoms with Gasteiger partial charge in [0.25, 0.3) is 0 Å². The molecule has 0 spiro atoms. The van der Waals surface area contributed by atoms with Gasteiger partial charge in [-0.25, -0.2) is 9.67 Å². The Bertz CT molecular complexity index is 634. The largest absolute Gasteiger partial charge is 0.441 e. The number of carbonyl (C=O) groups excluding carboxylic acids is 1. The number of amides is 1. The third-order valence-corrected chi connectivity index (χ3v) is 6.81. The topological polar surface area (TPSA) is 59.8 Å². The maximum Gasteiger partial charge on any atom is 0.441 e. The number of hydrogen-bond acceptors (Lipinski definition) is 4. The van der Waals surface area contributed by atoms with Gasteiger partial charge in [-0.1, -0.05) is 0 Å². The van der Waals surface area contributed by atoms with E-state index in [4.69, 9.17) is 0 Å². The molecule has 0 aliphatic heterocycles. The molecule has 1 heterocycles. The third-order valence-electron chi connectivity index (χ3n) is 6.07. The molecule has 25 heavy (non-hydrogen) atoms. The van der Waals surface area contributed by atoms with Crippen LogP contribution in [0.2, 0.25) is 0 Å². The Morgan fingerprint density at radius 1 is 1.28 bits per heavy atom. The fourth-order valence-corrected chi connectivity index (χ4v) is 6.16. The van der Waals surface area contributed by atoms with Crippen molar-refractivity contribution in [3.8, 4) is 0 Å². The van der Waals surface area contributed by atoms with Crippen molar-refractivity contribution in [1.82, 2.24) is 20.1 Å². The number of nitrogens with zero attached hydrogens (tertiary/aromatic N) is 3. The van der Waals surface area contributed by atoms with Gasteiger partial charge in [0.2, 0.25) is 5.91 Å². The number of aromatic nitrogens is 3. The number of rotatable bonds is 5. The van der Waals surface area contributed by atoms with Gasteiger partial charge in [0.1, 0.15) is 12.7 Å². The molecule has 0 aromatic carbocycles. The number of halogens is 3. The van der Waals surface area contributed by atoms with Crippen LogP contribution in [-0.4, -0.2) is 38.5 Å². The molecule has 4 fully saturated rings. The summed E-state index contributed by atoms with van der Waals surface area (Å²) in [6, 6.07) is 0. The van der Waals surface area contributed by atoms with Crippen molar-refractivity contribution in [2.45, 2.75) is 49.6 Å². The third kappa shape index (κ3) is 3.15. The van der Waals surface area contributed by atoms with Gasteiger partial charge in [-0.15, -0.1) is 0 Å². The Morgan fingerprint density at radius 3 is 2.60 bits per heavy atom. The summed E-state index contributed by atoms with van der Waals surface area (Å²) in [5.74, 6) is 0.752. The number of carbonyl (C=O) groups is 1. The lowest BCUT2D eigenvalue weighted by Crippen LogP contribution is -2.61. The second-order valence-corrected chi connectivity index (χ2v) is 9.02. The molecule has 1 aromatic rings. The molecule has 1 aromatic heterocycles. The summed E-state index contributed by atoms with van der Waals surface area (Å²) in [5.41, 5.74) is -4.86. The first-order valence-corrected chi connectivity index (χ1v) is 9.63. The highest BCUT2D eigenvalue weighted by molar-refractivity contribution is 8.00. The molecule has 2 atom stereocenters. The molecule has 4 bridgehead atoms. The molecule has 9 heteroatoms. The molecule has 5 rings (SSSR count). The van der Waals surface area contributed by atoms with Crippen LogP contribution in [0.15, 0.2) is 12.7 Å². The number of thioether (sulfide) groups is 1. The van der Waals surface area contributed by atoms with E-state index >= 15 is 0 Å². The smallest absolute Gasteiger partial charge is 0.355 e. The summed E-state index contributed by atoms with van der Waals surface area (Å²) in [6.45, 7) is 0.0520. The molecule has 0 unspecified atom stereocenters. The highest BCUT2D eigenvalue weighted by Crippen LogP contribution is 2.64. The maximum atomic E-state index is 12.9. The first-order valence-electron chi connectivity index (χ1n) is 8.64. The van der Waals surface area contributed by atoms with E-state index in [0.717, 1.165) is 32.1 Å². The van der Waals surface area contributed by atoms with Crippen LogP contribution in [0.1, 0.15) is 38.5 Å². The SMILES string of the molecule is O=C(NCCSC(F)(F)F)C12C[C@H]3C[C@H](C1)CC(n1cncn1)(C3)C2. The highest BCUT2D eigenvalue weighted by atomic mass is 32.2. The van der Waals surface area contributed by atoms with E-state index in [2.05, 4.69) is 15.4 Å². The monoisotopic (exact) mass is 374 g/mol. The van der Waals surface area contributed by atoms with E-state index in [9.17, 15) is 18.0 Å². The number of alkyl halides is 3. The predicted octanol–water partition coefficient (Wildman–Crippen LogP) is 2.94. The summed E-state index contributed by atoms with van der Waals surface area (Å²) in [5, 5.41) is 7.11. The van der Waals surface area contributed by atoms with E-state index in [1.165, 1.54) is 6.33 Å². The van der Waals surface area contributed by atoms with Crippen molar-refractivity contribution in [3.63, 3.8) is 0 Å². The number of nitrogens with one attached hydrogen (secondary N) is 1. The summed E-state index contributed by atoms with van der Waals surface area (Å²) < 4.78 is 38.6. The zero-order valence-electron chi connectivity index (χ0n) is 13.8. The predicted molar refractivity (Wildman–Crippen MR) is 86.6 cm³/mol. The molecule has 4 aliphatic carbocycles. The van der Waals surface area contributed by atoms with E-state index in [1.54, 1.807) is 6.33 Å². The minimum Gasteiger partial charge on any atom is -0.355 e. The molecule has 1 N–H and O–H groups in total. The fraction of sp³-hybridized carbons (Fsp3) is 0.812. The zero-order valence-corrected chi connectivity index (χ0v) is 14.6. The van der Waals surface area contributed by atoms with Crippen LogP contribution in [0.5, 0.6) is 0 Å². The van der Waals surface area contributed by atoms with Gasteiger partial charge in [-0.2, -0.15) is 18.3 Å². The molecular weight excluding hydrogens is 353 g/mol. The summed E-state index contributed by atoms with van der Waals surface area (Å²) in [4.78, 5) is 17.0. The maximum absolute atomic E-state index is 12.9. The molecule has 4 saturated carbocycles. The van der Waals surface area contributed by atoms with Crippen molar-refractivity contribution in [2.24, 2.45) is 17.3 Å². The summed E-state index contributed by atoms with van der Waals surface area (Å²) in [7, 11) is 0. The molecular formula is C16H21F3N4OS. The van der Waals surface area contributed by atoms with Crippen molar-refractivity contribution < 1.29 is 18.0 Å². The quantitative estimate of drug-likeness (QED) is 0.805. The van der Waals surface area contributed by atoms with Crippen molar-refractivity contribution >= 4 is 17.7 Å². The van der Waals surface area contributed by atoms with Crippen molar-refractivity contribution in [3.05, 3.63) is 12.7 Å². The first-order chi connectivity index (χ1) is 11.8. The lowest BCUT2D eigenvalue weighted by molar-refractivity contribution is -0.155. The normalized spacial score (nSPS) is 36.6. The fourth-order valence-electron chi connectivity index (χ4n) is 5.72. The molecule has 0 saturated heterocycles. The summed E-state index contributed by atoms with van der Waals surface area (Å²) in [6.07, 6.45) is 8.86. The van der Waals surface area contributed by atoms with Crippen molar-refractivity contribution in [1.29, 1.82) is 0 Å². The molecule has 5 nitrogen and oxygen atoms in total. The van der Waals surface area contributed by atoms with E-state index in [-0.39, 0.29) is 35.5 Å². The van der Waals surface area contributed by atoms with Crippen LogP contribution in [0.25, 0.3) is 0 Å².